The SMILES string of the molecule is CCCCCCCOc1ccc(C(CC(=O)OCC)c2ccccc2)cc1. The van der Waals surface area contributed by atoms with Gasteiger partial charge < -0.3 is 9.47 Å². The summed E-state index contributed by atoms with van der Waals surface area (Å²) >= 11 is 0. The van der Waals surface area contributed by atoms with Crippen LogP contribution in [0.25, 0.3) is 0 Å². The van der Waals surface area contributed by atoms with Crippen molar-refractivity contribution in [2.75, 3.05) is 13.2 Å². The highest BCUT2D eigenvalue weighted by Gasteiger charge is 2.19. The molecule has 0 amide bonds. The molecule has 0 saturated carbocycles. The van der Waals surface area contributed by atoms with Crippen molar-refractivity contribution in [1.29, 1.82) is 0 Å². The monoisotopic (exact) mass is 368 g/mol. The molecule has 146 valence electrons. The molecule has 2 rings (SSSR count). The third-order valence-corrected chi connectivity index (χ3v) is 4.68. The highest BCUT2D eigenvalue weighted by molar-refractivity contribution is 5.71. The summed E-state index contributed by atoms with van der Waals surface area (Å²) in [6, 6.07) is 18.2. The van der Waals surface area contributed by atoms with Gasteiger partial charge in [0.1, 0.15) is 5.75 Å². The van der Waals surface area contributed by atoms with E-state index >= 15 is 0 Å². The Morgan fingerprint density at radius 3 is 2.19 bits per heavy atom. The number of ether oxygens (including phenoxy) is 2. The number of carbonyl (C=O) groups excluding carboxylic acids is 1. The number of benzene rings is 2. The molecule has 0 heterocycles. The maximum atomic E-state index is 12.1. The van der Waals surface area contributed by atoms with Crippen LogP contribution in [0, 0.1) is 0 Å². The molecule has 0 aliphatic carbocycles. The molecule has 0 radical (unpaired) electrons. The summed E-state index contributed by atoms with van der Waals surface area (Å²) in [5.41, 5.74) is 2.22. The van der Waals surface area contributed by atoms with E-state index in [0.29, 0.717) is 13.0 Å². The van der Waals surface area contributed by atoms with Gasteiger partial charge in [-0.05, 0) is 36.6 Å². The quantitative estimate of drug-likeness (QED) is 0.334. The molecule has 3 nitrogen and oxygen atoms in total. The van der Waals surface area contributed by atoms with Crippen LogP contribution >= 0.6 is 0 Å². The molecule has 0 bridgehead atoms. The molecule has 0 aliphatic heterocycles. The van der Waals surface area contributed by atoms with Gasteiger partial charge in [-0.1, -0.05) is 75.1 Å². The molecule has 0 N–H and O–H groups in total. The van der Waals surface area contributed by atoms with E-state index in [1.54, 1.807) is 0 Å². The van der Waals surface area contributed by atoms with Crippen LogP contribution in [0.5, 0.6) is 5.75 Å². The molecule has 27 heavy (non-hydrogen) atoms. The highest BCUT2D eigenvalue weighted by Crippen LogP contribution is 2.29. The fourth-order valence-electron chi connectivity index (χ4n) is 3.19. The average Bonchev–Trinajstić information content (AvgIpc) is 2.70. The third kappa shape index (κ3) is 7.46. The first kappa shape index (κ1) is 21.0. The number of rotatable bonds is 12. The second-order valence-electron chi connectivity index (χ2n) is 6.80. The van der Waals surface area contributed by atoms with Gasteiger partial charge in [0, 0.05) is 5.92 Å². The van der Waals surface area contributed by atoms with E-state index in [-0.39, 0.29) is 11.9 Å². The van der Waals surface area contributed by atoms with Gasteiger partial charge in [0.2, 0.25) is 0 Å². The third-order valence-electron chi connectivity index (χ3n) is 4.68. The van der Waals surface area contributed by atoms with Crippen LogP contribution in [0.1, 0.15) is 69.4 Å². The number of unbranched alkanes of at least 4 members (excludes halogenated alkanes) is 4. The molecule has 2 aromatic carbocycles. The minimum atomic E-state index is -0.168. The zero-order chi connectivity index (χ0) is 19.3. The first-order valence-corrected chi connectivity index (χ1v) is 10.2. The summed E-state index contributed by atoms with van der Waals surface area (Å²) in [5, 5.41) is 0. The Hall–Kier alpha value is -2.29. The lowest BCUT2D eigenvalue weighted by Gasteiger charge is -2.18. The number of hydrogen-bond acceptors (Lipinski definition) is 3. The molecule has 0 fully saturated rings. The van der Waals surface area contributed by atoms with Crippen LogP contribution in [0.15, 0.2) is 54.6 Å². The van der Waals surface area contributed by atoms with E-state index in [0.717, 1.165) is 29.9 Å². The molecule has 0 aromatic heterocycles. The van der Waals surface area contributed by atoms with E-state index in [2.05, 4.69) is 31.2 Å². The smallest absolute Gasteiger partial charge is 0.306 e. The Balaban J connectivity index is 1.98. The first-order chi connectivity index (χ1) is 13.2. The molecule has 1 atom stereocenters. The fraction of sp³-hybridized carbons (Fsp3) is 0.458. The molecule has 0 aliphatic rings. The van der Waals surface area contributed by atoms with E-state index in [1.807, 2.05) is 37.3 Å². The molecular formula is C24H32O3. The standard InChI is InChI=1S/C24H32O3/c1-3-5-6-7-11-18-27-22-16-14-21(15-17-22)23(19-24(25)26-4-2)20-12-9-8-10-13-20/h8-10,12-17,23H,3-7,11,18-19H2,1-2H3. The van der Waals surface area contributed by atoms with Crippen molar-refractivity contribution in [2.45, 2.75) is 58.3 Å². The van der Waals surface area contributed by atoms with Gasteiger partial charge in [-0.3, -0.25) is 4.79 Å². The molecular weight excluding hydrogens is 336 g/mol. The first-order valence-electron chi connectivity index (χ1n) is 10.2. The fourth-order valence-corrected chi connectivity index (χ4v) is 3.19. The van der Waals surface area contributed by atoms with Gasteiger partial charge in [-0.15, -0.1) is 0 Å². The van der Waals surface area contributed by atoms with Crippen molar-refractivity contribution in [3.63, 3.8) is 0 Å². The second-order valence-corrected chi connectivity index (χ2v) is 6.80. The van der Waals surface area contributed by atoms with Gasteiger partial charge >= 0.3 is 5.97 Å². The Labute approximate surface area is 163 Å². The van der Waals surface area contributed by atoms with Crippen molar-refractivity contribution < 1.29 is 14.3 Å². The van der Waals surface area contributed by atoms with Crippen LogP contribution in [0.4, 0.5) is 0 Å². The van der Waals surface area contributed by atoms with Gasteiger partial charge in [-0.2, -0.15) is 0 Å². The minimum absolute atomic E-state index is 0.00616. The summed E-state index contributed by atoms with van der Waals surface area (Å²) in [6.07, 6.45) is 6.51. The second kappa shape index (κ2) is 12.2. The zero-order valence-electron chi connectivity index (χ0n) is 16.7. The van der Waals surface area contributed by atoms with Crippen LogP contribution < -0.4 is 4.74 Å². The van der Waals surface area contributed by atoms with Gasteiger partial charge in [0.25, 0.3) is 0 Å². The topological polar surface area (TPSA) is 35.5 Å². The minimum Gasteiger partial charge on any atom is -0.494 e. The molecule has 0 saturated heterocycles. The lowest BCUT2D eigenvalue weighted by molar-refractivity contribution is -0.143. The zero-order valence-corrected chi connectivity index (χ0v) is 16.7. The normalized spacial score (nSPS) is 11.8. The maximum absolute atomic E-state index is 12.1. The van der Waals surface area contributed by atoms with Crippen LogP contribution in [-0.4, -0.2) is 19.2 Å². The van der Waals surface area contributed by atoms with Crippen LogP contribution in [-0.2, 0) is 9.53 Å². The lowest BCUT2D eigenvalue weighted by Crippen LogP contribution is -2.11. The van der Waals surface area contributed by atoms with Crippen molar-refractivity contribution in [3.05, 3.63) is 65.7 Å². The molecule has 3 heteroatoms. The summed E-state index contributed by atoms with van der Waals surface area (Å²) in [6.45, 7) is 5.23. The highest BCUT2D eigenvalue weighted by atomic mass is 16.5. The van der Waals surface area contributed by atoms with Crippen molar-refractivity contribution >= 4 is 5.97 Å². The lowest BCUT2D eigenvalue weighted by atomic mass is 9.88. The Morgan fingerprint density at radius 2 is 1.52 bits per heavy atom. The summed E-state index contributed by atoms with van der Waals surface area (Å²) in [5.74, 6) is 0.712. The van der Waals surface area contributed by atoms with E-state index in [9.17, 15) is 4.79 Å². The Morgan fingerprint density at radius 1 is 0.852 bits per heavy atom. The largest absolute Gasteiger partial charge is 0.494 e. The van der Waals surface area contributed by atoms with Crippen molar-refractivity contribution in [2.24, 2.45) is 0 Å². The van der Waals surface area contributed by atoms with Gasteiger partial charge in [0.15, 0.2) is 0 Å². The average molecular weight is 369 g/mol. The molecule has 0 spiro atoms. The molecule has 1 unspecified atom stereocenters. The van der Waals surface area contributed by atoms with E-state index < -0.39 is 0 Å². The van der Waals surface area contributed by atoms with E-state index in [1.165, 1.54) is 25.7 Å². The van der Waals surface area contributed by atoms with Crippen molar-refractivity contribution in [1.82, 2.24) is 0 Å². The Bertz CT molecular complexity index is 649. The summed E-state index contributed by atoms with van der Waals surface area (Å²) in [7, 11) is 0. The maximum Gasteiger partial charge on any atom is 0.306 e. The van der Waals surface area contributed by atoms with Crippen molar-refractivity contribution in [3.8, 4) is 5.75 Å². The van der Waals surface area contributed by atoms with Crippen LogP contribution in [0.3, 0.4) is 0 Å². The number of hydrogen-bond donors (Lipinski definition) is 0. The van der Waals surface area contributed by atoms with Gasteiger partial charge in [-0.25, -0.2) is 0 Å². The van der Waals surface area contributed by atoms with Gasteiger partial charge in [0.05, 0.1) is 19.6 Å². The van der Waals surface area contributed by atoms with E-state index in [4.69, 9.17) is 9.47 Å². The molecule has 2 aromatic rings. The summed E-state index contributed by atoms with van der Waals surface area (Å²) in [4.78, 5) is 12.1. The number of carbonyl (C=O) groups is 1. The predicted octanol–water partition coefficient (Wildman–Crippen LogP) is 6.12. The predicted molar refractivity (Wildman–Crippen MR) is 110 cm³/mol. The summed E-state index contributed by atoms with van der Waals surface area (Å²) < 4.78 is 11.0. The number of esters is 1. The Kier molecular flexibility index (Phi) is 9.47. The van der Waals surface area contributed by atoms with Crippen LogP contribution in [0.2, 0.25) is 0 Å².